The summed E-state index contributed by atoms with van der Waals surface area (Å²) in [5.74, 6) is 1.48. The minimum Gasteiger partial charge on any atom is -0.379 e. The third-order valence-corrected chi connectivity index (χ3v) is 5.08. The molecule has 5 nitrogen and oxygen atoms in total. The van der Waals surface area contributed by atoms with Crippen LogP contribution in [-0.4, -0.2) is 62.8 Å². The smallest absolute Gasteiger partial charge is 0.191 e. The van der Waals surface area contributed by atoms with E-state index < -0.39 is 0 Å². The number of aliphatic imine (C=N–C) groups is 1. The van der Waals surface area contributed by atoms with Crippen LogP contribution in [0.25, 0.3) is 0 Å². The van der Waals surface area contributed by atoms with E-state index in [1.165, 1.54) is 5.56 Å². The number of nitrogens with one attached hydrogen (secondary N) is 2. The summed E-state index contributed by atoms with van der Waals surface area (Å²) < 4.78 is 5.49. The Bertz CT molecular complexity index is 526. The number of nitrogens with zero attached hydrogens (tertiary/aromatic N) is 2. The molecular weight excluding hydrogens is 324 g/mol. The molecule has 0 spiro atoms. The monoisotopic (exact) mass is 360 g/mol. The Balaban J connectivity index is 1.78. The van der Waals surface area contributed by atoms with Gasteiger partial charge < -0.3 is 15.4 Å². The molecule has 0 amide bonds. The van der Waals surface area contributed by atoms with Gasteiger partial charge in [-0.3, -0.25) is 9.89 Å². The van der Waals surface area contributed by atoms with Crippen molar-refractivity contribution in [1.29, 1.82) is 0 Å². The Kier molecular flexibility index (Phi) is 8.92. The van der Waals surface area contributed by atoms with Crippen molar-refractivity contribution in [2.45, 2.75) is 45.7 Å². The van der Waals surface area contributed by atoms with Crippen LogP contribution in [0.1, 0.15) is 32.8 Å². The van der Waals surface area contributed by atoms with Crippen molar-refractivity contribution in [2.75, 3.05) is 39.9 Å². The fourth-order valence-corrected chi connectivity index (χ4v) is 3.42. The van der Waals surface area contributed by atoms with Gasteiger partial charge in [0.15, 0.2) is 5.96 Å². The summed E-state index contributed by atoms with van der Waals surface area (Å²) >= 11 is 0. The summed E-state index contributed by atoms with van der Waals surface area (Å²) in [4.78, 5) is 6.95. The molecule has 26 heavy (non-hydrogen) atoms. The number of benzene rings is 1. The van der Waals surface area contributed by atoms with Crippen LogP contribution in [0.2, 0.25) is 0 Å². The molecule has 5 heteroatoms. The summed E-state index contributed by atoms with van der Waals surface area (Å²) in [6.07, 6.45) is 2.16. The molecule has 1 aliphatic heterocycles. The second kappa shape index (κ2) is 11.2. The van der Waals surface area contributed by atoms with Crippen molar-refractivity contribution in [2.24, 2.45) is 10.9 Å². The maximum absolute atomic E-state index is 5.49. The van der Waals surface area contributed by atoms with Crippen LogP contribution >= 0.6 is 0 Å². The second-order valence-corrected chi connectivity index (χ2v) is 7.48. The lowest BCUT2D eigenvalue weighted by Crippen LogP contribution is -2.53. The van der Waals surface area contributed by atoms with Crippen molar-refractivity contribution in [1.82, 2.24) is 15.5 Å². The van der Waals surface area contributed by atoms with Crippen LogP contribution in [0.15, 0.2) is 35.3 Å². The van der Waals surface area contributed by atoms with E-state index in [-0.39, 0.29) is 0 Å². The van der Waals surface area contributed by atoms with Gasteiger partial charge in [-0.15, -0.1) is 0 Å². The molecule has 0 radical (unpaired) electrons. The van der Waals surface area contributed by atoms with E-state index in [4.69, 9.17) is 4.74 Å². The van der Waals surface area contributed by atoms with Crippen LogP contribution in [0.5, 0.6) is 0 Å². The minimum absolute atomic E-state index is 0.377. The molecule has 0 aromatic heterocycles. The average Bonchev–Trinajstić information content (AvgIpc) is 2.67. The summed E-state index contributed by atoms with van der Waals surface area (Å²) in [5, 5.41) is 7.06. The first-order chi connectivity index (χ1) is 12.6. The molecule has 1 aliphatic rings. The van der Waals surface area contributed by atoms with Crippen molar-refractivity contribution < 1.29 is 4.74 Å². The topological polar surface area (TPSA) is 48.9 Å². The molecule has 2 atom stereocenters. The molecule has 0 saturated carbocycles. The third-order valence-electron chi connectivity index (χ3n) is 5.08. The highest BCUT2D eigenvalue weighted by Crippen LogP contribution is 2.12. The number of morpholine rings is 1. The Morgan fingerprint density at radius 1 is 1.15 bits per heavy atom. The van der Waals surface area contributed by atoms with Crippen LogP contribution in [0, 0.1) is 5.92 Å². The summed E-state index contributed by atoms with van der Waals surface area (Å²) in [6.45, 7) is 11.4. The van der Waals surface area contributed by atoms with Gasteiger partial charge in [-0.2, -0.15) is 0 Å². The summed E-state index contributed by atoms with van der Waals surface area (Å²) in [7, 11) is 1.85. The van der Waals surface area contributed by atoms with Crippen molar-refractivity contribution in [3.8, 4) is 0 Å². The quantitative estimate of drug-likeness (QED) is 0.552. The standard InChI is InChI=1S/C21H36N4O/c1-17(2)20(25-12-14-26-15-13-25)16-23-21(22-4)24-18(3)10-11-19-8-6-5-7-9-19/h5-9,17-18,20H,10-16H2,1-4H3,(H2,22,23,24). The van der Waals surface area contributed by atoms with E-state index in [0.29, 0.717) is 18.0 Å². The zero-order chi connectivity index (χ0) is 18.8. The zero-order valence-corrected chi connectivity index (χ0v) is 16.9. The highest BCUT2D eigenvalue weighted by atomic mass is 16.5. The van der Waals surface area contributed by atoms with Gasteiger partial charge in [-0.25, -0.2) is 0 Å². The SMILES string of the molecule is CN=C(NCC(C(C)C)N1CCOCC1)NC(C)CCc1ccccc1. The predicted octanol–water partition coefficient (Wildman–Crippen LogP) is 2.53. The molecule has 1 aromatic rings. The minimum atomic E-state index is 0.377. The van der Waals surface area contributed by atoms with Crippen LogP contribution in [0.3, 0.4) is 0 Å². The molecule has 1 saturated heterocycles. The molecule has 146 valence electrons. The van der Waals surface area contributed by atoms with Crippen LogP contribution < -0.4 is 10.6 Å². The summed E-state index contributed by atoms with van der Waals surface area (Å²) in [5.41, 5.74) is 1.39. The average molecular weight is 361 g/mol. The first kappa shape index (κ1) is 20.7. The molecule has 0 bridgehead atoms. The van der Waals surface area contributed by atoms with Gasteiger partial charge in [-0.1, -0.05) is 44.2 Å². The highest BCUT2D eigenvalue weighted by molar-refractivity contribution is 5.79. The number of rotatable bonds is 8. The van der Waals surface area contributed by atoms with Gasteiger partial charge in [-0.05, 0) is 31.2 Å². The molecule has 1 heterocycles. The second-order valence-electron chi connectivity index (χ2n) is 7.48. The zero-order valence-electron chi connectivity index (χ0n) is 16.9. The number of guanidine groups is 1. The normalized spacial score (nSPS) is 18.6. The highest BCUT2D eigenvalue weighted by Gasteiger charge is 2.24. The largest absolute Gasteiger partial charge is 0.379 e. The van der Waals surface area contributed by atoms with Gasteiger partial charge in [0.2, 0.25) is 0 Å². The van der Waals surface area contributed by atoms with Crippen LogP contribution in [-0.2, 0) is 11.2 Å². The van der Waals surface area contributed by atoms with Gasteiger partial charge >= 0.3 is 0 Å². The fraction of sp³-hybridized carbons (Fsp3) is 0.667. The number of hydrogen-bond acceptors (Lipinski definition) is 3. The Morgan fingerprint density at radius 2 is 1.85 bits per heavy atom. The first-order valence-corrected chi connectivity index (χ1v) is 9.93. The van der Waals surface area contributed by atoms with Crippen molar-refractivity contribution in [3.63, 3.8) is 0 Å². The first-order valence-electron chi connectivity index (χ1n) is 9.93. The molecule has 1 aromatic carbocycles. The maximum Gasteiger partial charge on any atom is 0.191 e. The number of aryl methyl sites for hydroxylation is 1. The molecule has 2 N–H and O–H groups in total. The van der Waals surface area contributed by atoms with E-state index in [9.17, 15) is 0 Å². The number of ether oxygens (including phenoxy) is 1. The Labute approximate surface area is 159 Å². The van der Waals surface area contributed by atoms with Crippen molar-refractivity contribution in [3.05, 3.63) is 35.9 Å². The van der Waals surface area contributed by atoms with Gasteiger partial charge in [0.1, 0.15) is 0 Å². The van der Waals surface area contributed by atoms with E-state index in [1.54, 1.807) is 0 Å². The predicted molar refractivity (Wildman–Crippen MR) is 110 cm³/mol. The van der Waals surface area contributed by atoms with E-state index in [2.05, 4.69) is 71.6 Å². The Hall–Kier alpha value is -1.59. The van der Waals surface area contributed by atoms with Crippen LogP contribution in [0.4, 0.5) is 0 Å². The molecule has 2 unspecified atom stereocenters. The fourth-order valence-electron chi connectivity index (χ4n) is 3.42. The maximum atomic E-state index is 5.49. The third kappa shape index (κ3) is 6.96. The van der Waals surface area contributed by atoms with Gasteiger partial charge in [0, 0.05) is 38.8 Å². The number of hydrogen-bond donors (Lipinski definition) is 2. The molecule has 1 fully saturated rings. The van der Waals surface area contributed by atoms with Gasteiger partial charge in [0.05, 0.1) is 13.2 Å². The lowest BCUT2D eigenvalue weighted by atomic mass is 10.0. The van der Waals surface area contributed by atoms with E-state index in [1.807, 2.05) is 7.05 Å². The molecule has 2 rings (SSSR count). The Morgan fingerprint density at radius 3 is 2.46 bits per heavy atom. The molecule has 0 aliphatic carbocycles. The van der Waals surface area contributed by atoms with E-state index >= 15 is 0 Å². The molecular formula is C21H36N4O. The summed E-state index contributed by atoms with van der Waals surface area (Å²) in [6, 6.07) is 11.5. The van der Waals surface area contributed by atoms with Crippen molar-refractivity contribution >= 4 is 5.96 Å². The lowest BCUT2D eigenvalue weighted by molar-refractivity contribution is 0.00751. The van der Waals surface area contributed by atoms with Gasteiger partial charge in [0.25, 0.3) is 0 Å². The van der Waals surface area contributed by atoms with E-state index in [0.717, 1.165) is 51.6 Å². The lowest BCUT2D eigenvalue weighted by Gasteiger charge is -2.37.